The van der Waals surface area contributed by atoms with Crippen molar-refractivity contribution in [2.24, 2.45) is 0 Å². The highest BCUT2D eigenvalue weighted by Gasteiger charge is 2.12. The van der Waals surface area contributed by atoms with Crippen LogP contribution in [0.5, 0.6) is 0 Å². The van der Waals surface area contributed by atoms with E-state index in [-0.39, 0.29) is 6.61 Å². The van der Waals surface area contributed by atoms with Crippen molar-refractivity contribution in [3.8, 4) is 0 Å². The van der Waals surface area contributed by atoms with Gasteiger partial charge in [-0.2, -0.15) is 0 Å². The predicted molar refractivity (Wildman–Crippen MR) is 83.0 cm³/mol. The van der Waals surface area contributed by atoms with E-state index < -0.39 is 0 Å². The van der Waals surface area contributed by atoms with Crippen LogP contribution in [0.1, 0.15) is 32.3 Å². The van der Waals surface area contributed by atoms with Crippen LogP contribution in [0.4, 0.5) is 5.69 Å². The van der Waals surface area contributed by atoms with Crippen molar-refractivity contribution >= 4 is 17.3 Å². The Morgan fingerprint density at radius 2 is 2.05 bits per heavy atom. The lowest BCUT2D eigenvalue weighted by molar-refractivity contribution is 0.301. The monoisotopic (exact) mass is 284 g/mol. The predicted octanol–water partition coefficient (Wildman–Crippen LogP) is 3.05. The number of benzene rings is 1. The molecule has 3 nitrogen and oxygen atoms in total. The summed E-state index contributed by atoms with van der Waals surface area (Å²) in [6.07, 6.45) is 2.26. The SMILES string of the molecule is CCCCN(CCO)c1cccc(Cl)c1CNCC. The summed E-state index contributed by atoms with van der Waals surface area (Å²) < 4.78 is 0. The van der Waals surface area contributed by atoms with Crippen molar-refractivity contribution in [2.75, 3.05) is 31.1 Å². The van der Waals surface area contributed by atoms with E-state index in [0.29, 0.717) is 6.54 Å². The molecule has 0 fully saturated rings. The van der Waals surface area contributed by atoms with E-state index in [4.69, 9.17) is 11.6 Å². The molecule has 0 saturated heterocycles. The van der Waals surface area contributed by atoms with Crippen LogP contribution in [0.3, 0.4) is 0 Å². The van der Waals surface area contributed by atoms with Crippen LogP contribution < -0.4 is 10.2 Å². The summed E-state index contributed by atoms with van der Waals surface area (Å²) in [5.74, 6) is 0. The van der Waals surface area contributed by atoms with Gasteiger partial charge in [0.2, 0.25) is 0 Å². The van der Waals surface area contributed by atoms with E-state index in [2.05, 4.69) is 30.1 Å². The average Bonchev–Trinajstić information content (AvgIpc) is 2.42. The fraction of sp³-hybridized carbons (Fsp3) is 0.600. The maximum absolute atomic E-state index is 9.24. The summed E-state index contributed by atoms with van der Waals surface area (Å²) in [7, 11) is 0. The number of hydrogen-bond acceptors (Lipinski definition) is 3. The first-order valence-electron chi connectivity index (χ1n) is 7.08. The van der Waals surface area contributed by atoms with Gasteiger partial charge in [-0.3, -0.25) is 0 Å². The Hall–Kier alpha value is -0.770. The standard InChI is InChI=1S/C15H25ClN2O/c1-3-5-9-18(10-11-19)15-8-6-7-14(16)13(15)12-17-4-2/h6-8,17,19H,3-5,9-12H2,1-2H3. The highest BCUT2D eigenvalue weighted by atomic mass is 35.5. The van der Waals surface area contributed by atoms with Gasteiger partial charge in [0, 0.05) is 35.9 Å². The van der Waals surface area contributed by atoms with Crippen LogP contribution in [-0.2, 0) is 6.54 Å². The molecule has 0 saturated carbocycles. The Morgan fingerprint density at radius 3 is 2.68 bits per heavy atom. The summed E-state index contributed by atoms with van der Waals surface area (Å²) in [6.45, 7) is 7.71. The Labute approximate surface area is 121 Å². The molecular weight excluding hydrogens is 260 g/mol. The van der Waals surface area contributed by atoms with Crippen LogP contribution in [0.2, 0.25) is 5.02 Å². The molecule has 0 aromatic heterocycles. The number of anilines is 1. The molecule has 19 heavy (non-hydrogen) atoms. The second kappa shape index (κ2) is 9.18. The first kappa shape index (κ1) is 16.3. The van der Waals surface area contributed by atoms with Crippen molar-refractivity contribution in [1.82, 2.24) is 5.32 Å². The second-order valence-corrected chi connectivity index (χ2v) is 4.99. The molecule has 0 heterocycles. The number of aliphatic hydroxyl groups excluding tert-OH is 1. The molecule has 4 heteroatoms. The van der Waals surface area contributed by atoms with E-state index in [1.54, 1.807) is 0 Å². The van der Waals surface area contributed by atoms with Crippen molar-refractivity contribution < 1.29 is 5.11 Å². The minimum absolute atomic E-state index is 0.164. The van der Waals surface area contributed by atoms with Crippen LogP contribution in [0.15, 0.2) is 18.2 Å². The van der Waals surface area contributed by atoms with Gasteiger partial charge >= 0.3 is 0 Å². The number of hydrogen-bond donors (Lipinski definition) is 2. The Morgan fingerprint density at radius 1 is 1.26 bits per heavy atom. The zero-order valence-corrected chi connectivity index (χ0v) is 12.7. The van der Waals surface area contributed by atoms with Gasteiger partial charge in [-0.25, -0.2) is 0 Å². The van der Waals surface area contributed by atoms with Gasteiger partial charge in [-0.15, -0.1) is 0 Å². The van der Waals surface area contributed by atoms with Gasteiger partial charge in [0.1, 0.15) is 0 Å². The van der Waals surface area contributed by atoms with Crippen LogP contribution in [-0.4, -0.2) is 31.3 Å². The second-order valence-electron chi connectivity index (χ2n) is 4.58. The number of rotatable bonds is 9. The highest BCUT2D eigenvalue weighted by molar-refractivity contribution is 6.31. The van der Waals surface area contributed by atoms with E-state index in [1.165, 1.54) is 0 Å². The molecule has 0 radical (unpaired) electrons. The fourth-order valence-corrected chi connectivity index (χ4v) is 2.33. The first-order valence-corrected chi connectivity index (χ1v) is 7.46. The molecular formula is C15H25ClN2O. The number of nitrogens with zero attached hydrogens (tertiary/aromatic N) is 1. The van der Waals surface area contributed by atoms with Gasteiger partial charge < -0.3 is 15.3 Å². The number of aliphatic hydroxyl groups is 1. The average molecular weight is 285 g/mol. The van der Waals surface area contributed by atoms with Gasteiger partial charge in [0.05, 0.1) is 6.61 Å². The molecule has 0 bridgehead atoms. The summed E-state index contributed by atoms with van der Waals surface area (Å²) in [6, 6.07) is 5.99. The largest absolute Gasteiger partial charge is 0.395 e. The topological polar surface area (TPSA) is 35.5 Å². The third kappa shape index (κ3) is 5.01. The van der Waals surface area contributed by atoms with Crippen molar-refractivity contribution in [2.45, 2.75) is 33.2 Å². The van der Waals surface area contributed by atoms with E-state index >= 15 is 0 Å². The molecule has 0 unspecified atom stereocenters. The number of halogens is 1. The van der Waals surface area contributed by atoms with Crippen LogP contribution in [0.25, 0.3) is 0 Å². The van der Waals surface area contributed by atoms with Gasteiger partial charge in [0.15, 0.2) is 0 Å². The molecule has 1 aromatic rings. The van der Waals surface area contributed by atoms with Crippen LogP contribution in [0, 0.1) is 0 Å². The molecule has 0 aliphatic rings. The highest BCUT2D eigenvalue weighted by Crippen LogP contribution is 2.27. The van der Waals surface area contributed by atoms with Gasteiger partial charge in [-0.1, -0.05) is 37.9 Å². The normalized spacial score (nSPS) is 10.7. The smallest absolute Gasteiger partial charge is 0.0606 e. The van der Waals surface area contributed by atoms with Crippen molar-refractivity contribution in [3.63, 3.8) is 0 Å². The molecule has 108 valence electrons. The molecule has 0 atom stereocenters. The third-order valence-corrected chi connectivity index (χ3v) is 3.49. The minimum Gasteiger partial charge on any atom is -0.395 e. The summed E-state index contributed by atoms with van der Waals surface area (Å²) in [5.41, 5.74) is 2.26. The lowest BCUT2D eigenvalue weighted by Gasteiger charge is -2.27. The summed E-state index contributed by atoms with van der Waals surface area (Å²) in [5, 5.41) is 13.4. The Bertz CT molecular complexity index is 371. The Balaban J connectivity index is 2.95. The first-order chi connectivity index (χ1) is 9.24. The number of nitrogens with one attached hydrogen (secondary N) is 1. The van der Waals surface area contributed by atoms with E-state index in [9.17, 15) is 5.11 Å². The zero-order chi connectivity index (χ0) is 14.1. The molecule has 1 aromatic carbocycles. The lowest BCUT2D eigenvalue weighted by atomic mass is 10.1. The molecule has 1 rings (SSSR count). The van der Waals surface area contributed by atoms with Crippen molar-refractivity contribution in [3.05, 3.63) is 28.8 Å². The van der Waals surface area contributed by atoms with Crippen LogP contribution >= 0.6 is 11.6 Å². The van der Waals surface area contributed by atoms with E-state index in [0.717, 1.165) is 48.7 Å². The third-order valence-electron chi connectivity index (χ3n) is 3.14. The molecule has 0 amide bonds. The molecule has 0 spiro atoms. The Kier molecular flexibility index (Phi) is 7.87. The number of unbranched alkanes of at least 4 members (excludes halogenated alkanes) is 1. The van der Waals surface area contributed by atoms with Crippen molar-refractivity contribution in [1.29, 1.82) is 0 Å². The fourth-order valence-electron chi connectivity index (χ4n) is 2.09. The quantitative estimate of drug-likeness (QED) is 0.732. The molecule has 0 aliphatic heterocycles. The summed E-state index contributed by atoms with van der Waals surface area (Å²) in [4.78, 5) is 2.22. The van der Waals surface area contributed by atoms with Gasteiger partial charge in [-0.05, 0) is 25.1 Å². The van der Waals surface area contributed by atoms with Gasteiger partial charge in [0.25, 0.3) is 0 Å². The molecule has 0 aliphatic carbocycles. The maximum atomic E-state index is 9.24. The zero-order valence-electron chi connectivity index (χ0n) is 12.0. The maximum Gasteiger partial charge on any atom is 0.0606 e. The summed E-state index contributed by atoms with van der Waals surface area (Å²) >= 11 is 6.31. The van der Waals surface area contributed by atoms with E-state index in [1.807, 2.05) is 12.1 Å². The minimum atomic E-state index is 0.164. The molecule has 2 N–H and O–H groups in total. The lowest BCUT2D eigenvalue weighted by Crippen LogP contribution is -2.29.